The van der Waals surface area contributed by atoms with Gasteiger partial charge in [0.1, 0.15) is 11.6 Å². The van der Waals surface area contributed by atoms with Crippen molar-refractivity contribution in [2.75, 3.05) is 24.2 Å². The minimum absolute atomic E-state index is 0.0206. The average Bonchev–Trinajstić information content (AvgIpc) is 3.24. The molecule has 0 saturated carbocycles. The fraction of sp³-hybridized carbons (Fsp3) is 0.381. The highest BCUT2D eigenvalue weighted by Crippen LogP contribution is 2.13. The van der Waals surface area contributed by atoms with Crippen LogP contribution < -0.4 is 16.2 Å². The first-order chi connectivity index (χ1) is 14.8. The topological polar surface area (TPSA) is 104 Å². The molecule has 168 valence electrons. The van der Waals surface area contributed by atoms with Gasteiger partial charge in [0, 0.05) is 5.69 Å². The summed E-state index contributed by atoms with van der Waals surface area (Å²) in [7, 11) is 0. The van der Waals surface area contributed by atoms with Gasteiger partial charge in [0.2, 0.25) is 5.91 Å². The number of hydrogen-bond acceptors (Lipinski definition) is 6. The van der Waals surface area contributed by atoms with Gasteiger partial charge < -0.3 is 9.73 Å². The highest BCUT2D eigenvalue weighted by atomic mass is 32.2. The van der Waals surface area contributed by atoms with Crippen LogP contribution in [-0.2, 0) is 16.1 Å². The number of thioether (sulfide) groups is 1. The summed E-state index contributed by atoms with van der Waals surface area (Å²) in [5, 5.41) is 2.03. The van der Waals surface area contributed by atoms with E-state index in [1.807, 2.05) is 13.8 Å². The van der Waals surface area contributed by atoms with E-state index in [0.717, 1.165) is 24.9 Å². The van der Waals surface area contributed by atoms with Crippen molar-refractivity contribution in [3.05, 3.63) is 53.7 Å². The van der Waals surface area contributed by atoms with Crippen LogP contribution in [0.2, 0.25) is 0 Å². The molecule has 8 nitrogen and oxygen atoms in total. The fourth-order valence-electron chi connectivity index (χ4n) is 2.54. The maximum Gasteiger partial charge on any atom is 0.305 e. The Kier molecular flexibility index (Phi) is 9.54. The number of nitrogens with one attached hydrogen (secondary N) is 3. The van der Waals surface area contributed by atoms with Crippen LogP contribution in [-0.4, -0.2) is 46.7 Å². The molecule has 3 amide bonds. The number of benzene rings is 1. The predicted molar refractivity (Wildman–Crippen MR) is 118 cm³/mol. The van der Waals surface area contributed by atoms with E-state index in [-0.39, 0.29) is 17.4 Å². The standard InChI is InChI=1S/C21H27FN4O4S/c1-4-26(5-2)12-17-10-11-18(30-17)21(29)25-24-20(28)14(3)31-13-19(27)23-16-8-6-15(22)7-9-16/h6-11,14H,4-5,12-13H2,1-3H3,(H,23,27)(H,24,28)(H,25,29). The number of hydrogen-bond donors (Lipinski definition) is 3. The first kappa shape index (κ1) is 24.4. The number of carbonyl (C=O) groups is 3. The largest absolute Gasteiger partial charge is 0.454 e. The van der Waals surface area contributed by atoms with Gasteiger partial charge in [-0.15, -0.1) is 11.8 Å². The maximum atomic E-state index is 12.9. The fourth-order valence-corrected chi connectivity index (χ4v) is 3.22. The van der Waals surface area contributed by atoms with Crippen LogP contribution in [0.15, 0.2) is 40.8 Å². The SMILES string of the molecule is CCN(CC)Cc1ccc(C(=O)NNC(=O)C(C)SCC(=O)Nc2ccc(F)cc2)o1. The molecular weight excluding hydrogens is 423 g/mol. The lowest BCUT2D eigenvalue weighted by Gasteiger charge is -2.15. The van der Waals surface area contributed by atoms with Crippen molar-refractivity contribution in [1.29, 1.82) is 0 Å². The third kappa shape index (κ3) is 8.06. The van der Waals surface area contributed by atoms with Crippen molar-refractivity contribution < 1.29 is 23.2 Å². The van der Waals surface area contributed by atoms with E-state index >= 15 is 0 Å². The quantitative estimate of drug-likeness (QED) is 0.481. The molecule has 1 heterocycles. The number of rotatable bonds is 10. The van der Waals surface area contributed by atoms with Crippen LogP contribution in [0.1, 0.15) is 37.1 Å². The minimum atomic E-state index is -0.589. The van der Waals surface area contributed by atoms with E-state index in [9.17, 15) is 18.8 Å². The van der Waals surface area contributed by atoms with Crippen LogP contribution in [0.25, 0.3) is 0 Å². The van der Waals surface area contributed by atoms with Crippen molar-refractivity contribution in [2.45, 2.75) is 32.6 Å². The van der Waals surface area contributed by atoms with E-state index in [1.165, 1.54) is 24.3 Å². The lowest BCUT2D eigenvalue weighted by molar-refractivity contribution is -0.121. The van der Waals surface area contributed by atoms with Gasteiger partial charge in [-0.05, 0) is 56.4 Å². The lowest BCUT2D eigenvalue weighted by atomic mass is 10.3. The number of furan rings is 1. The van der Waals surface area contributed by atoms with Crippen LogP contribution in [0.5, 0.6) is 0 Å². The van der Waals surface area contributed by atoms with Gasteiger partial charge >= 0.3 is 5.91 Å². The maximum absolute atomic E-state index is 12.9. The van der Waals surface area contributed by atoms with Gasteiger partial charge in [0.15, 0.2) is 5.76 Å². The molecule has 1 aromatic heterocycles. The normalized spacial score (nSPS) is 11.8. The second kappa shape index (κ2) is 12.1. The monoisotopic (exact) mass is 450 g/mol. The summed E-state index contributed by atoms with van der Waals surface area (Å²) in [6.07, 6.45) is 0. The average molecular weight is 451 g/mol. The summed E-state index contributed by atoms with van der Waals surface area (Å²) in [5.41, 5.74) is 5.11. The van der Waals surface area contributed by atoms with E-state index < -0.39 is 22.9 Å². The molecule has 0 aliphatic heterocycles. The number of carbonyl (C=O) groups excluding carboxylic acids is 3. The van der Waals surface area contributed by atoms with E-state index in [1.54, 1.807) is 19.1 Å². The molecule has 1 unspecified atom stereocenters. The van der Waals surface area contributed by atoms with Crippen LogP contribution in [0.3, 0.4) is 0 Å². The first-order valence-electron chi connectivity index (χ1n) is 9.90. The number of hydrazine groups is 1. The van der Waals surface area contributed by atoms with Gasteiger partial charge in [-0.2, -0.15) is 0 Å². The number of anilines is 1. The molecular formula is C21H27FN4O4S. The predicted octanol–water partition coefficient (Wildman–Crippen LogP) is 2.78. The Morgan fingerprint density at radius 3 is 2.39 bits per heavy atom. The molecule has 0 fully saturated rings. The minimum Gasteiger partial charge on any atom is -0.454 e. The highest BCUT2D eigenvalue weighted by Gasteiger charge is 2.18. The summed E-state index contributed by atoms with van der Waals surface area (Å²) in [6.45, 7) is 8.04. The second-order valence-electron chi connectivity index (χ2n) is 6.68. The van der Waals surface area contributed by atoms with Crippen molar-refractivity contribution in [2.24, 2.45) is 0 Å². The molecule has 1 aromatic carbocycles. The van der Waals surface area contributed by atoms with Crippen molar-refractivity contribution in [3.8, 4) is 0 Å². The van der Waals surface area contributed by atoms with Gasteiger partial charge in [-0.1, -0.05) is 13.8 Å². The zero-order valence-corrected chi connectivity index (χ0v) is 18.6. The third-order valence-corrected chi connectivity index (χ3v) is 5.56. The molecule has 0 bridgehead atoms. The van der Waals surface area contributed by atoms with Gasteiger partial charge in [0.05, 0.1) is 17.5 Å². The Balaban J connectivity index is 1.73. The summed E-state index contributed by atoms with van der Waals surface area (Å²) in [6, 6.07) is 8.67. The molecule has 0 spiro atoms. The summed E-state index contributed by atoms with van der Waals surface area (Å²) in [4.78, 5) is 38.4. The van der Waals surface area contributed by atoms with Crippen LogP contribution in [0.4, 0.5) is 10.1 Å². The van der Waals surface area contributed by atoms with Gasteiger partial charge in [0.25, 0.3) is 5.91 Å². The van der Waals surface area contributed by atoms with Crippen molar-refractivity contribution in [1.82, 2.24) is 15.8 Å². The first-order valence-corrected chi connectivity index (χ1v) is 11.0. The number of amides is 3. The Morgan fingerprint density at radius 1 is 1.06 bits per heavy atom. The van der Waals surface area contributed by atoms with E-state index in [0.29, 0.717) is 18.0 Å². The Hall–Kier alpha value is -2.85. The summed E-state index contributed by atoms with van der Waals surface area (Å²) in [5.74, 6) is -0.954. The second-order valence-corrected chi connectivity index (χ2v) is 8.01. The highest BCUT2D eigenvalue weighted by molar-refractivity contribution is 8.01. The Labute approximate surface area is 184 Å². The van der Waals surface area contributed by atoms with Crippen LogP contribution >= 0.6 is 11.8 Å². The van der Waals surface area contributed by atoms with Gasteiger partial charge in [-0.25, -0.2) is 4.39 Å². The number of halogens is 1. The molecule has 0 saturated heterocycles. The van der Waals surface area contributed by atoms with Crippen LogP contribution in [0, 0.1) is 5.82 Å². The molecule has 10 heteroatoms. The molecule has 31 heavy (non-hydrogen) atoms. The molecule has 0 aliphatic carbocycles. The third-order valence-electron chi connectivity index (χ3n) is 4.42. The van der Waals surface area contributed by atoms with E-state index in [4.69, 9.17) is 4.42 Å². The van der Waals surface area contributed by atoms with Crippen molar-refractivity contribution in [3.63, 3.8) is 0 Å². The number of nitrogens with zero attached hydrogens (tertiary/aromatic N) is 1. The Morgan fingerprint density at radius 2 is 1.74 bits per heavy atom. The summed E-state index contributed by atoms with van der Waals surface area (Å²) < 4.78 is 18.4. The lowest BCUT2D eigenvalue weighted by Crippen LogP contribution is -2.45. The zero-order valence-electron chi connectivity index (χ0n) is 17.7. The van der Waals surface area contributed by atoms with E-state index in [2.05, 4.69) is 21.1 Å². The summed E-state index contributed by atoms with van der Waals surface area (Å²) >= 11 is 1.10. The smallest absolute Gasteiger partial charge is 0.305 e. The van der Waals surface area contributed by atoms with Gasteiger partial charge in [-0.3, -0.25) is 30.1 Å². The Bertz CT molecular complexity index is 884. The van der Waals surface area contributed by atoms with Crippen molar-refractivity contribution >= 4 is 35.2 Å². The molecule has 2 aromatic rings. The zero-order chi connectivity index (χ0) is 22.8. The molecule has 3 N–H and O–H groups in total. The molecule has 0 aliphatic rings. The molecule has 2 rings (SSSR count). The molecule has 0 radical (unpaired) electrons. The molecule has 1 atom stereocenters.